The molecule has 0 saturated heterocycles. The zero-order chi connectivity index (χ0) is 17.9. The van der Waals surface area contributed by atoms with Gasteiger partial charge in [0, 0.05) is 5.69 Å². The van der Waals surface area contributed by atoms with E-state index >= 15 is 0 Å². The van der Waals surface area contributed by atoms with E-state index in [0.29, 0.717) is 0 Å². The van der Waals surface area contributed by atoms with Crippen LogP contribution in [-0.2, 0) is 25.7 Å². The molecule has 0 bridgehead atoms. The molecule has 0 fully saturated rings. The van der Waals surface area contributed by atoms with Crippen LogP contribution in [0, 0.1) is 6.92 Å². The molecule has 0 atom stereocenters. The van der Waals surface area contributed by atoms with Gasteiger partial charge in [0.2, 0.25) is 0 Å². The van der Waals surface area contributed by atoms with Gasteiger partial charge >= 0.3 is 0 Å². The molecule has 1 aromatic heterocycles. The molecule has 0 aliphatic carbocycles. The second kappa shape index (κ2) is 7.65. The Hall–Kier alpha value is -2.10. The fraction of sp³-hybridized carbons (Fsp3) is 0.318. The van der Waals surface area contributed by atoms with Gasteiger partial charge in [0.05, 0.1) is 16.4 Å². The first-order chi connectivity index (χ1) is 12.7. The summed E-state index contributed by atoms with van der Waals surface area (Å²) in [5.74, 6) is 0. The van der Waals surface area contributed by atoms with E-state index < -0.39 is 0 Å². The van der Waals surface area contributed by atoms with Crippen molar-refractivity contribution in [1.29, 1.82) is 0 Å². The van der Waals surface area contributed by atoms with Crippen molar-refractivity contribution in [1.82, 2.24) is 15.1 Å². The van der Waals surface area contributed by atoms with Crippen LogP contribution in [0.2, 0.25) is 5.02 Å². The number of hydrogen-bond acceptors (Lipinski definition) is 2. The lowest BCUT2D eigenvalue weighted by Crippen LogP contribution is -2.16. The normalized spacial score (nSPS) is 14.1. The van der Waals surface area contributed by atoms with Crippen LogP contribution >= 0.6 is 11.6 Å². The molecule has 1 N–H and O–H groups in total. The van der Waals surface area contributed by atoms with Gasteiger partial charge in [-0.3, -0.25) is 0 Å². The molecule has 0 spiro atoms. The molecule has 2 aromatic carbocycles. The smallest absolute Gasteiger partial charge is 0.0870 e. The quantitative estimate of drug-likeness (QED) is 0.746. The van der Waals surface area contributed by atoms with Gasteiger partial charge in [0.15, 0.2) is 0 Å². The van der Waals surface area contributed by atoms with E-state index in [4.69, 9.17) is 16.7 Å². The minimum absolute atomic E-state index is 0.784. The summed E-state index contributed by atoms with van der Waals surface area (Å²) in [4.78, 5) is 0. The van der Waals surface area contributed by atoms with Crippen molar-refractivity contribution in [2.75, 3.05) is 13.1 Å². The van der Waals surface area contributed by atoms with Crippen LogP contribution in [0.4, 0.5) is 0 Å². The first-order valence-electron chi connectivity index (χ1n) is 9.33. The SMILES string of the molecule is Cc1cc(CCc2ccccc2)nn1-c1c(Cl)ccc2c1CCNCC2. The van der Waals surface area contributed by atoms with Crippen LogP contribution in [0.1, 0.15) is 28.1 Å². The highest BCUT2D eigenvalue weighted by atomic mass is 35.5. The Morgan fingerprint density at radius 1 is 1.04 bits per heavy atom. The largest absolute Gasteiger partial charge is 0.316 e. The van der Waals surface area contributed by atoms with Gasteiger partial charge in [0.25, 0.3) is 0 Å². The number of benzene rings is 2. The Bertz CT molecular complexity index is 899. The molecule has 3 nitrogen and oxygen atoms in total. The van der Waals surface area contributed by atoms with Gasteiger partial charge in [0.1, 0.15) is 0 Å². The minimum Gasteiger partial charge on any atom is -0.316 e. The Kier molecular flexibility index (Phi) is 5.09. The number of hydrogen-bond donors (Lipinski definition) is 1. The number of aromatic nitrogens is 2. The predicted octanol–water partition coefficient (Wildman–Crippen LogP) is 4.31. The fourth-order valence-electron chi connectivity index (χ4n) is 3.76. The van der Waals surface area contributed by atoms with E-state index in [-0.39, 0.29) is 0 Å². The standard InChI is InChI=1S/C22H24ClN3/c1-16-15-19(9-7-17-5-3-2-4-6-17)25-26(16)22-20-12-14-24-13-11-18(20)8-10-21(22)23/h2-6,8,10,15,24H,7,9,11-14H2,1H3. The Labute approximate surface area is 160 Å². The lowest BCUT2D eigenvalue weighted by molar-refractivity contribution is 0.708. The van der Waals surface area contributed by atoms with Gasteiger partial charge in [-0.25, -0.2) is 4.68 Å². The van der Waals surface area contributed by atoms with Crippen LogP contribution in [0.15, 0.2) is 48.5 Å². The maximum Gasteiger partial charge on any atom is 0.0870 e. The molecule has 0 unspecified atom stereocenters. The second-order valence-electron chi connectivity index (χ2n) is 6.96. The van der Waals surface area contributed by atoms with Crippen LogP contribution in [-0.4, -0.2) is 22.9 Å². The Balaban J connectivity index is 1.65. The summed E-state index contributed by atoms with van der Waals surface area (Å²) >= 11 is 6.62. The molecule has 1 aliphatic heterocycles. The summed E-state index contributed by atoms with van der Waals surface area (Å²) in [6.45, 7) is 4.12. The molecule has 0 saturated carbocycles. The molecule has 2 heterocycles. The number of nitrogens with one attached hydrogen (secondary N) is 1. The van der Waals surface area contributed by atoms with Crippen molar-refractivity contribution in [3.8, 4) is 5.69 Å². The number of nitrogens with zero attached hydrogens (tertiary/aromatic N) is 2. The first kappa shape index (κ1) is 17.3. The zero-order valence-electron chi connectivity index (χ0n) is 15.1. The van der Waals surface area contributed by atoms with Gasteiger partial charge in [-0.1, -0.05) is 48.0 Å². The summed E-state index contributed by atoms with van der Waals surface area (Å²) in [6.07, 6.45) is 3.97. The molecular formula is C22H24ClN3. The highest BCUT2D eigenvalue weighted by Gasteiger charge is 2.18. The Morgan fingerprint density at radius 3 is 2.69 bits per heavy atom. The second-order valence-corrected chi connectivity index (χ2v) is 7.37. The van der Waals surface area contributed by atoms with E-state index in [1.165, 1.54) is 16.7 Å². The fourth-order valence-corrected chi connectivity index (χ4v) is 4.01. The van der Waals surface area contributed by atoms with Crippen molar-refractivity contribution in [3.63, 3.8) is 0 Å². The van der Waals surface area contributed by atoms with Gasteiger partial charge < -0.3 is 5.32 Å². The van der Waals surface area contributed by atoms with Crippen molar-refractivity contribution in [2.45, 2.75) is 32.6 Å². The highest BCUT2D eigenvalue weighted by Crippen LogP contribution is 2.30. The number of aryl methyl sites for hydroxylation is 3. The molecule has 1 aliphatic rings. The predicted molar refractivity (Wildman–Crippen MR) is 107 cm³/mol. The lowest BCUT2D eigenvalue weighted by atomic mass is 10.0. The maximum atomic E-state index is 6.62. The third-order valence-electron chi connectivity index (χ3n) is 5.12. The van der Waals surface area contributed by atoms with E-state index in [9.17, 15) is 0 Å². The molecule has 0 radical (unpaired) electrons. The molecule has 0 amide bonds. The molecule has 4 rings (SSSR count). The summed E-state index contributed by atoms with van der Waals surface area (Å²) in [5, 5.41) is 9.17. The van der Waals surface area contributed by atoms with Crippen molar-refractivity contribution in [3.05, 3.63) is 81.6 Å². The third kappa shape index (κ3) is 3.55. The van der Waals surface area contributed by atoms with Crippen LogP contribution < -0.4 is 5.32 Å². The van der Waals surface area contributed by atoms with Gasteiger partial charge in [-0.05, 0) is 74.5 Å². The monoisotopic (exact) mass is 365 g/mol. The van der Waals surface area contributed by atoms with Crippen LogP contribution in [0.25, 0.3) is 5.69 Å². The van der Waals surface area contributed by atoms with E-state index in [0.717, 1.165) is 60.9 Å². The van der Waals surface area contributed by atoms with Gasteiger partial charge in [-0.2, -0.15) is 5.10 Å². The highest BCUT2D eigenvalue weighted by molar-refractivity contribution is 6.32. The summed E-state index contributed by atoms with van der Waals surface area (Å²) in [5.41, 5.74) is 7.39. The van der Waals surface area contributed by atoms with Crippen molar-refractivity contribution in [2.24, 2.45) is 0 Å². The lowest BCUT2D eigenvalue weighted by Gasteiger charge is -2.15. The Morgan fingerprint density at radius 2 is 1.85 bits per heavy atom. The summed E-state index contributed by atoms with van der Waals surface area (Å²) < 4.78 is 2.05. The first-order valence-corrected chi connectivity index (χ1v) is 9.71. The number of fused-ring (bicyclic) bond motifs is 1. The average Bonchev–Trinajstić information content (AvgIpc) is 2.86. The van der Waals surface area contributed by atoms with E-state index in [1.54, 1.807) is 0 Å². The van der Waals surface area contributed by atoms with Crippen molar-refractivity contribution < 1.29 is 0 Å². The summed E-state index contributed by atoms with van der Waals surface area (Å²) in [6, 6.07) is 17.0. The van der Waals surface area contributed by atoms with E-state index in [2.05, 4.69) is 54.7 Å². The molecule has 4 heteroatoms. The third-order valence-corrected chi connectivity index (χ3v) is 5.42. The summed E-state index contributed by atoms with van der Waals surface area (Å²) in [7, 11) is 0. The van der Waals surface area contributed by atoms with Crippen LogP contribution in [0.3, 0.4) is 0 Å². The molecule has 134 valence electrons. The maximum absolute atomic E-state index is 6.62. The molecular weight excluding hydrogens is 342 g/mol. The number of halogens is 1. The number of rotatable bonds is 4. The average molecular weight is 366 g/mol. The van der Waals surface area contributed by atoms with Crippen LogP contribution in [0.5, 0.6) is 0 Å². The van der Waals surface area contributed by atoms with Gasteiger partial charge in [-0.15, -0.1) is 0 Å². The molecule has 26 heavy (non-hydrogen) atoms. The minimum atomic E-state index is 0.784. The van der Waals surface area contributed by atoms with Crippen molar-refractivity contribution >= 4 is 11.6 Å². The topological polar surface area (TPSA) is 29.9 Å². The zero-order valence-corrected chi connectivity index (χ0v) is 15.9. The van der Waals surface area contributed by atoms with E-state index in [1.807, 2.05) is 10.7 Å². The molecule has 3 aromatic rings.